The number of aromatic nitrogens is 1. The van der Waals surface area contributed by atoms with Crippen LogP contribution in [0.25, 0.3) is 11.1 Å². The number of aromatic carboxylic acids is 1. The third kappa shape index (κ3) is 3.17. The van der Waals surface area contributed by atoms with Crippen LogP contribution < -0.4 is 5.43 Å². The number of benzene rings is 2. The van der Waals surface area contributed by atoms with E-state index >= 15 is 0 Å². The SMILES string of the molecule is Cn1c(Cc2ccccc2-c2ccccc2)cc(=O)c(O)c1C(=O)O. The lowest BCUT2D eigenvalue weighted by Crippen LogP contribution is -2.19. The Bertz CT molecular complexity index is 990. The van der Waals surface area contributed by atoms with Crippen LogP contribution in [0.3, 0.4) is 0 Å². The molecular formula is C20H17NO4. The predicted octanol–water partition coefficient (Wildman–Crippen LogP) is 3.05. The molecule has 2 N–H and O–H groups in total. The van der Waals surface area contributed by atoms with Gasteiger partial charge in [0.05, 0.1) is 0 Å². The summed E-state index contributed by atoms with van der Waals surface area (Å²) in [6, 6.07) is 18.9. The zero-order chi connectivity index (χ0) is 18.0. The molecule has 0 unspecified atom stereocenters. The normalized spacial score (nSPS) is 10.6. The van der Waals surface area contributed by atoms with Crippen molar-refractivity contribution in [1.82, 2.24) is 4.57 Å². The minimum atomic E-state index is -1.34. The second kappa shape index (κ2) is 6.65. The van der Waals surface area contributed by atoms with E-state index in [2.05, 4.69) is 0 Å². The lowest BCUT2D eigenvalue weighted by atomic mass is 9.96. The van der Waals surface area contributed by atoms with Gasteiger partial charge in [0.2, 0.25) is 5.43 Å². The number of carbonyl (C=O) groups is 1. The average Bonchev–Trinajstić information content (AvgIpc) is 2.61. The second-order valence-electron chi connectivity index (χ2n) is 5.76. The maximum absolute atomic E-state index is 11.9. The molecule has 0 aliphatic heterocycles. The van der Waals surface area contributed by atoms with Crippen molar-refractivity contribution < 1.29 is 15.0 Å². The molecule has 0 saturated carbocycles. The first-order valence-corrected chi connectivity index (χ1v) is 7.77. The number of hydrogen-bond acceptors (Lipinski definition) is 3. The topological polar surface area (TPSA) is 79.5 Å². The van der Waals surface area contributed by atoms with Gasteiger partial charge in [0, 0.05) is 25.2 Å². The Morgan fingerprint density at radius 2 is 1.68 bits per heavy atom. The first-order chi connectivity index (χ1) is 12.0. The van der Waals surface area contributed by atoms with Gasteiger partial charge in [-0.15, -0.1) is 0 Å². The van der Waals surface area contributed by atoms with Crippen molar-refractivity contribution in [1.29, 1.82) is 0 Å². The fourth-order valence-corrected chi connectivity index (χ4v) is 2.92. The van der Waals surface area contributed by atoms with Crippen molar-refractivity contribution in [3.63, 3.8) is 0 Å². The largest absolute Gasteiger partial charge is 0.502 e. The quantitative estimate of drug-likeness (QED) is 0.768. The fourth-order valence-electron chi connectivity index (χ4n) is 2.92. The summed E-state index contributed by atoms with van der Waals surface area (Å²) < 4.78 is 1.35. The molecule has 0 fully saturated rings. The predicted molar refractivity (Wildman–Crippen MR) is 95.0 cm³/mol. The summed E-state index contributed by atoms with van der Waals surface area (Å²) in [4.78, 5) is 23.3. The number of pyridine rings is 1. The molecule has 5 nitrogen and oxygen atoms in total. The Labute approximate surface area is 144 Å². The number of nitrogens with zero attached hydrogens (tertiary/aromatic N) is 1. The molecule has 126 valence electrons. The summed E-state index contributed by atoms with van der Waals surface area (Å²) in [6.45, 7) is 0. The minimum absolute atomic E-state index is 0.372. The molecule has 3 rings (SSSR count). The van der Waals surface area contributed by atoms with Crippen molar-refractivity contribution in [2.75, 3.05) is 0 Å². The van der Waals surface area contributed by atoms with Crippen LogP contribution in [0.15, 0.2) is 65.5 Å². The lowest BCUT2D eigenvalue weighted by molar-refractivity contribution is 0.0681. The van der Waals surface area contributed by atoms with E-state index in [-0.39, 0.29) is 0 Å². The summed E-state index contributed by atoms with van der Waals surface area (Å²) in [7, 11) is 1.53. The highest BCUT2D eigenvalue weighted by atomic mass is 16.4. The molecule has 0 amide bonds. The van der Waals surface area contributed by atoms with Crippen LogP contribution in [-0.4, -0.2) is 20.7 Å². The van der Waals surface area contributed by atoms with E-state index < -0.39 is 22.8 Å². The summed E-state index contributed by atoms with van der Waals surface area (Å²) in [5.41, 5.74) is 2.44. The zero-order valence-corrected chi connectivity index (χ0v) is 13.6. The Hall–Kier alpha value is -3.34. The van der Waals surface area contributed by atoms with E-state index in [9.17, 15) is 19.8 Å². The molecule has 0 aliphatic carbocycles. The first-order valence-electron chi connectivity index (χ1n) is 7.77. The molecule has 0 saturated heterocycles. The van der Waals surface area contributed by atoms with E-state index in [1.54, 1.807) is 0 Å². The molecular weight excluding hydrogens is 318 g/mol. The second-order valence-corrected chi connectivity index (χ2v) is 5.76. The van der Waals surface area contributed by atoms with Gasteiger partial charge in [0.25, 0.3) is 0 Å². The summed E-state index contributed by atoms with van der Waals surface area (Å²) >= 11 is 0. The van der Waals surface area contributed by atoms with Crippen LogP contribution in [0.5, 0.6) is 5.75 Å². The Morgan fingerprint density at radius 1 is 1.04 bits per heavy atom. The summed E-state index contributed by atoms with van der Waals surface area (Å²) in [6.07, 6.45) is 0.372. The smallest absolute Gasteiger partial charge is 0.356 e. The third-order valence-corrected chi connectivity index (χ3v) is 4.20. The van der Waals surface area contributed by atoms with Crippen molar-refractivity contribution in [2.45, 2.75) is 6.42 Å². The molecule has 0 spiro atoms. The highest BCUT2D eigenvalue weighted by Gasteiger charge is 2.19. The van der Waals surface area contributed by atoms with Gasteiger partial charge >= 0.3 is 5.97 Å². The number of rotatable bonds is 4. The van der Waals surface area contributed by atoms with Gasteiger partial charge < -0.3 is 14.8 Å². The maximum Gasteiger partial charge on any atom is 0.356 e. The number of aromatic hydroxyl groups is 1. The van der Waals surface area contributed by atoms with Crippen LogP contribution in [0, 0.1) is 0 Å². The fraction of sp³-hybridized carbons (Fsp3) is 0.100. The van der Waals surface area contributed by atoms with E-state index in [0.29, 0.717) is 12.1 Å². The van der Waals surface area contributed by atoms with Gasteiger partial charge in [-0.1, -0.05) is 54.6 Å². The van der Waals surface area contributed by atoms with Crippen LogP contribution in [-0.2, 0) is 13.5 Å². The Balaban J connectivity index is 2.11. The molecule has 3 aromatic rings. The van der Waals surface area contributed by atoms with Gasteiger partial charge in [-0.3, -0.25) is 4.79 Å². The Kier molecular flexibility index (Phi) is 4.39. The molecule has 0 atom stereocenters. The minimum Gasteiger partial charge on any atom is -0.502 e. The maximum atomic E-state index is 11.9. The van der Waals surface area contributed by atoms with Gasteiger partial charge in [-0.25, -0.2) is 4.79 Å². The molecule has 2 aromatic carbocycles. The van der Waals surface area contributed by atoms with Crippen LogP contribution in [0.1, 0.15) is 21.7 Å². The number of carboxylic acid groups (broad SMARTS) is 1. The van der Waals surface area contributed by atoms with Crippen molar-refractivity contribution >= 4 is 5.97 Å². The average molecular weight is 335 g/mol. The molecule has 0 radical (unpaired) electrons. The van der Waals surface area contributed by atoms with Gasteiger partial charge in [0.1, 0.15) is 0 Å². The van der Waals surface area contributed by atoms with Gasteiger partial charge in [-0.2, -0.15) is 0 Å². The number of carboxylic acids is 1. The van der Waals surface area contributed by atoms with Crippen molar-refractivity contribution in [3.05, 3.63) is 87.8 Å². The molecule has 1 heterocycles. The van der Waals surface area contributed by atoms with Gasteiger partial charge in [-0.05, 0) is 16.7 Å². The molecule has 0 aliphatic rings. The third-order valence-electron chi connectivity index (χ3n) is 4.20. The highest BCUT2D eigenvalue weighted by Crippen LogP contribution is 2.26. The summed E-state index contributed by atoms with van der Waals surface area (Å²) in [5, 5.41) is 19.0. The first kappa shape index (κ1) is 16.5. The molecule has 5 heteroatoms. The number of hydrogen-bond donors (Lipinski definition) is 2. The molecule has 1 aromatic heterocycles. The molecule has 25 heavy (non-hydrogen) atoms. The van der Waals surface area contributed by atoms with Crippen LogP contribution in [0.2, 0.25) is 0 Å². The monoisotopic (exact) mass is 335 g/mol. The zero-order valence-electron chi connectivity index (χ0n) is 13.6. The van der Waals surface area contributed by atoms with Crippen molar-refractivity contribution in [2.24, 2.45) is 7.05 Å². The van der Waals surface area contributed by atoms with E-state index in [4.69, 9.17) is 0 Å². The van der Waals surface area contributed by atoms with Crippen LogP contribution >= 0.6 is 0 Å². The van der Waals surface area contributed by atoms with E-state index in [1.165, 1.54) is 17.7 Å². The Morgan fingerprint density at radius 3 is 2.36 bits per heavy atom. The van der Waals surface area contributed by atoms with E-state index in [1.807, 2.05) is 54.6 Å². The molecule has 0 bridgehead atoms. The van der Waals surface area contributed by atoms with Crippen molar-refractivity contribution in [3.8, 4) is 16.9 Å². The highest BCUT2D eigenvalue weighted by molar-refractivity contribution is 5.88. The van der Waals surface area contributed by atoms with Crippen LogP contribution in [0.4, 0.5) is 0 Å². The standard InChI is InChI=1S/C20H17NO4/c1-21-15(12-17(22)19(23)18(21)20(24)25)11-14-9-5-6-10-16(14)13-7-3-2-4-8-13/h2-10,12,23H,11H2,1H3,(H,24,25). The lowest BCUT2D eigenvalue weighted by Gasteiger charge is -2.15. The van der Waals surface area contributed by atoms with Gasteiger partial charge in [0.15, 0.2) is 11.4 Å². The van der Waals surface area contributed by atoms with E-state index in [0.717, 1.165) is 16.7 Å². The summed E-state index contributed by atoms with van der Waals surface area (Å²) in [5.74, 6) is -2.08.